The molecule has 0 radical (unpaired) electrons. The van der Waals surface area contributed by atoms with Crippen molar-refractivity contribution < 1.29 is 24.6 Å². The van der Waals surface area contributed by atoms with Gasteiger partial charge in [-0.3, -0.25) is 14.4 Å². The Kier molecular flexibility index (Phi) is 5.08. The molecule has 1 amide bonds. The molecule has 1 aliphatic heterocycles. The van der Waals surface area contributed by atoms with Gasteiger partial charge in [0.05, 0.1) is 6.04 Å². The van der Waals surface area contributed by atoms with Gasteiger partial charge < -0.3 is 20.4 Å². The van der Waals surface area contributed by atoms with E-state index in [0.29, 0.717) is 18.9 Å². The first-order valence-electron chi connectivity index (χ1n) is 5.86. The Morgan fingerprint density at radius 2 is 1.78 bits per heavy atom. The summed E-state index contributed by atoms with van der Waals surface area (Å²) in [6.45, 7) is 1.53. The highest BCUT2D eigenvalue weighted by molar-refractivity contribution is 5.88. The molecule has 0 aliphatic carbocycles. The molecular weight excluding hydrogens is 240 g/mol. The highest BCUT2D eigenvalue weighted by Crippen LogP contribution is 2.16. The minimum absolute atomic E-state index is 0.372. The summed E-state index contributed by atoms with van der Waals surface area (Å²) in [7, 11) is 0. The third kappa shape index (κ3) is 4.33. The van der Waals surface area contributed by atoms with E-state index in [1.54, 1.807) is 0 Å². The SMILES string of the molecule is CC1CCNC(C(=O)N(CC(=O)O)CC(=O)O)C1. The maximum atomic E-state index is 12.1. The number of carboxylic acid groups (broad SMARTS) is 2. The monoisotopic (exact) mass is 258 g/mol. The lowest BCUT2D eigenvalue weighted by Gasteiger charge is -2.31. The first-order valence-corrected chi connectivity index (χ1v) is 5.86. The van der Waals surface area contributed by atoms with Gasteiger partial charge in [-0.15, -0.1) is 0 Å². The van der Waals surface area contributed by atoms with E-state index in [-0.39, 0.29) is 0 Å². The summed E-state index contributed by atoms with van der Waals surface area (Å²) in [6, 6.07) is -0.479. The molecule has 0 saturated carbocycles. The molecule has 2 atom stereocenters. The topological polar surface area (TPSA) is 107 Å². The van der Waals surface area contributed by atoms with Crippen molar-refractivity contribution in [3.05, 3.63) is 0 Å². The first-order chi connectivity index (χ1) is 8.40. The van der Waals surface area contributed by atoms with Gasteiger partial charge in [-0.1, -0.05) is 6.92 Å². The maximum Gasteiger partial charge on any atom is 0.323 e. The molecule has 0 aromatic rings. The van der Waals surface area contributed by atoms with E-state index in [1.165, 1.54) is 0 Å². The number of carbonyl (C=O) groups excluding carboxylic acids is 1. The fourth-order valence-electron chi connectivity index (χ4n) is 2.05. The predicted octanol–water partition coefficient (Wildman–Crippen LogP) is -0.628. The fraction of sp³-hybridized carbons (Fsp3) is 0.727. The summed E-state index contributed by atoms with van der Waals surface area (Å²) >= 11 is 0. The fourth-order valence-corrected chi connectivity index (χ4v) is 2.05. The van der Waals surface area contributed by atoms with Gasteiger partial charge in [-0.2, -0.15) is 0 Å². The Hall–Kier alpha value is -1.63. The number of nitrogens with zero attached hydrogens (tertiary/aromatic N) is 1. The van der Waals surface area contributed by atoms with E-state index in [2.05, 4.69) is 5.32 Å². The molecule has 1 aliphatic rings. The van der Waals surface area contributed by atoms with Crippen molar-refractivity contribution >= 4 is 17.8 Å². The van der Waals surface area contributed by atoms with Crippen LogP contribution in [0, 0.1) is 5.92 Å². The molecule has 18 heavy (non-hydrogen) atoms. The van der Waals surface area contributed by atoms with Gasteiger partial charge in [0.1, 0.15) is 13.1 Å². The molecular formula is C11H18N2O5. The summed E-state index contributed by atoms with van der Waals surface area (Å²) in [6.07, 6.45) is 1.57. The lowest BCUT2D eigenvalue weighted by molar-refractivity contribution is -0.150. The molecule has 1 saturated heterocycles. The van der Waals surface area contributed by atoms with Crippen molar-refractivity contribution in [1.82, 2.24) is 10.2 Å². The van der Waals surface area contributed by atoms with E-state index in [0.717, 1.165) is 11.3 Å². The Bertz CT molecular complexity index is 328. The molecule has 0 bridgehead atoms. The van der Waals surface area contributed by atoms with E-state index in [9.17, 15) is 14.4 Å². The smallest absolute Gasteiger partial charge is 0.323 e. The van der Waals surface area contributed by atoms with Crippen molar-refractivity contribution in [1.29, 1.82) is 0 Å². The van der Waals surface area contributed by atoms with Gasteiger partial charge in [-0.25, -0.2) is 0 Å². The zero-order valence-electron chi connectivity index (χ0n) is 10.3. The van der Waals surface area contributed by atoms with Crippen LogP contribution in [0.1, 0.15) is 19.8 Å². The Balaban J connectivity index is 2.67. The average molecular weight is 258 g/mol. The summed E-state index contributed by atoms with van der Waals surface area (Å²) in [5.41, 5.74) is 0. The van der Waals surface area contributed by atoms with Crippen molar-refractivity contribution in [3.63, 3.8) is 0 Å². The van der Waals surface area contributed by atoms with Gasteiger partial charge >= 0.3 is 11.9 Å². The van der Waals surface area contributed by atoms with Crippen LogP contribution in [-0.4, -0.2) is 58.6 Å². The van der Waals surface area contributed by atoms with E-state index < -0.39 is 37.0 Å². The lowest BCUT2D eigenvalue weighted by atomic mass is 9.93. The Morgan fingerprint density at radius 3 is 2.22 bits per heavy atom. The second kappa shape index (κ2) is 6.34. The van der Waals surface area contributed by atoms with Gasteiger partial charge in [0.2, 0.25) is 5.91 Å². The number of rotatable bonds is 5. The van der Waals surface area contributed by atoms with Crippen LogP contribution in [0.2, 0.25) is 0 Å². The van der Waals surface area contributed by atoms with Crippen LogP contribution in [0.3, 0.4) is 0 Å². The molecule has 2 unspecified atom stereocenters. The number of hydrogen-bond donors (Lipinski definition) is 3. The van der Waals surface area contributed by atoms with Crippen LogP contribution in [0.4, 0.5) is 0 Å². The number of carbonyl (C=O) groups is 3. The van der Waals surface area contributed by atoms with Crippen LogP contribution < -0.4 is 5.32 Å². The minimum Gasteiger partial charge on any atom is -0.480 e. The van der Waals surface area contributed by atoms with Gasteiger partial charge in [0, 0.05) is 0 Å². The molecule has 0 aromatic heterocycles. The van der Waals surface area contributed by atoms with E-state index in [4.69, 9.17) is 10.2 Å². The van der Waals surface area contributed by atoms with Gasteiger partial charge in [0.25, 0.3) is 0 Å². The minimum atomic E-state index is -1.21. The molecule has 3 N–H and O–H groups in total. The van der Waals surface area contributed by atoms with Crippen molar-refractivity contribution in [2.24, 2.45) is 5.92 Å². The van der Waals surface area contributed by atoms with Crippen LogP contribution >= 0.6 is 0 Å². The van der Waals surface area contributed by atoms with Crippen LogP contribution in [0.15, 0.2) is 0 Å². The number of piperidine rings is 1. The van der Waals surface area contributed by atoms with Crippen LogP contribution in [0.5, 0.6) is 0 Å². The highest BCUT2D eigenvalue weighted by atomic mass is 16.4. The van der Waals surface area contributed by atoms with Gasteiger partial charge in [-0.05, 0) is 25.3 Å². The summed E-state index contributed by atoms with van der Waals surface area (Å²) in [5.74, 6) is -2.51. The third-order valence-corrected chi connectivity index (χ3v) is 2.93. The van der Waals surface area contributed by atoms with Crippen molar-refractivity contribution in [3.8, 4) is 0 Å². The normalized spacial score (nSPS) is 23.4. The molecule has 1 fully saturated rings. The number of amides is 1. The van der Waals surface area contributed by atoms with E-state index in [1.807, 2.05) is 6.92 Å². The standard InChI is InChI=1S/C11H18N2O5/c1-7-2-3-12-8(4-7)11(18)13(5-9(14)15)6-10(16)17/h7-8,12H,2-6H2,1H3,(H,14,15)(H,16,17). The number of aliphatic carboxylic acids is 2. The van der Waals surface area contributed by atoms with E-state index >= 15 is 0 Å². The Morgan fingerprint density at radius 1 is 1.22 bits per heavy atom. The van der Waals surface area contributed by atoms with Crippen molar-refractivity contribution in [2.45, 2.75) is 25.8 Å². The lowest BCUT2D eigenvalue weighted by Crippen LogP contribution is -2.52. The number of hydrogen-bond acceptors (Lipinski definition) is 4. The summed E-state index contributed by atoms with van der Waals surface area (Å²) in [5, 5.41) is 20.4. The second-order valence-electron chi connectivity index (χ2n) is 4.62. The third-order valence-electron chi connectivity index (χ3n) is 2.93. The molecule has 7 heteroatoms. The molecule has 102 valence electrons. The average Bonchev–Trinajstić information content (AvgIpc) is 2.26. The van der Waals surface area contributed by atoms with Crippen LogP contribution in [0.25, 0.3) is 0 Å². The second-order valence-corrected chi connectivity index (χ2v) is 4.62. The zero-order valence-corrected chi connectivity index (χ0v) is 10.3. The predicted molar refractivity (Wildman–Crippen MR) is 62.0 cm³/mol. The Labute approximate surface area is 105 Å². The summed E-state index contributed by atoms with van der Waals surface area (Å²) in [4.78, 5) is 34.2. The zero-order chi connectivity index (χ0) is 13.7. The van der Waals surface area contributed by atoms with Crippen LogP contribution in [-0.2, 0) is 14.4 Å². The quantitative estimate of drug-likeness (QED) is 0.606. The first kappa shape index (κ1) is 14.4. The number of nitrogens with one attached hydrogen (secondary N) is 1. The molecule has 7 nitrogen and oxygen atoms in total. The maximum absolute atomic E-state index is 12.1. The molecule has 0 spiro atoms. The van der Waals surface area contributed by atoms with Gasteiger partial charge in [0.15, 0.2) is 0 Å². The largest absolute Gasteiger partial charge is 0.480 e. The molecule has 1 heterocycles. The molecule has 0 aromatic carbocycles. The highest BCUT2D eigenvalue weighted by Gasteiger charge is 2.30. The molecule has 1 rings (SSSR count). The summed E-state index contributed by atoms with van der Waals surface area (Å²) < 4.78 is 0. The van der Waals surface area contributed by atoms with Crippen molar-refractivity contribution in [2.75, 3.05) is 19.6 Å². The number of carboxylic acids is 2.